The Balaban J connectivity index is 2.33. The van der Waals surface area contributed by atoms with E-state index in [-0.39, 0.29) is 5.54 Å². The summed E-state index contributed by atoms with van der Waals surface area (Å²) in [6.45, 7) is 2.26. The summed E-state index contributed by atoms with van der Waals surface area (Å²) in [7, 11) is 1.70. The first-order chi connectivity index (χ1) is 7.66. The van der Waals surface area contributed by atoms with Gasteiger partial charge in [-0.15, -0.1) is 0 Å². The number of hydrogen-bond donors (Lipinski definition) is 1. The molecule has 0 aromatic heterocycles. The van der Waals surface area contributed by atoms with E-state index in [1.165, 1.54) is 24.8 Å². The van der Waals surface area contributed by atoms with Crippen molar-refractivity contribution in [1.82, 2.24) is 0 Å². The third-order valence-corrected chi connectivity index (χ3v) is 3.96. The van der Waals surface area contributed by atoms with Gasteiger partial charge < -0.3 is 10.5 Å². The van der Waals surface area contributed by atoms with E-state index >= 15 is 0 Å². The van der Waals surface area contributed by atoms with Crippen LogP contribution in [-0.4, -0.2) is 7.11 Å². The molecule has 0 radical (unpaired) electrons. The van der Waals surface area contributed by atoms with Gasteiger partial charge in [-0.3, -0.25) is 0 Å². The van der Waals surface area contributed by atoms with E-state index in [9.17, 15) is 0 Å². The average molecular weight is 219 g/mol. The second kappa shape index (κ2) is 4.46. The third-order valence-electron chi connectivity index (χ3n) is 3.96. The predicted molar refractivity (Wildman–Crippen MR) is 66.5 cm³/mol. The largest absolute Gasteiger partial charge is 0.497 e. The zero-order valence-electron chi connectivity index (χ0n) is 10.2. The Morgan fingerprint density at radius 3 is 2.88 bits per heavy atom. The van der Waals surface area contributed by atoms with Crippen molar-refractivity contribution >= 4 is 0 Å². The van der Waals surface area contributed by atoms with Crippen LogP contribution in [0.3, 0.4) is 0 Å². The molecular weight excluding hydrogens is 198 g/mol. The fraction of sp³-hybridized carbons (Fsp3) is 0.571. The van der Waals surface area contributed by atoms with Crippen molar-refractivity contribution in [2.24, 2.45) is 11.7 Å². The van der Waals surface area contributed by atoms with Crippen molar-refractivity contribution < 1.29 is 4.74 Å². The molecule has 1 aromatic rings. The van der Waals surface area contributed by atoms with Crippen LogP contribution in [0.4, 0.5) is 0 Å². The average Bonchev–Trinajstić information content (AvgIpc) is 2.33. The van der Waals surface area contributed by atoms with Gasteiger partial charge in [0.2, 0.25) is 0 Å². The Morgan fingerprint density at radius 2 is 2.19 bits per heavy atom. The van der Waals surface area contributed by atoms with Crippen molar-refractivity contribution in [3.8, 4) is 5.75 Å². The monoisotopic (exact) mass is 219 g/mol. The highest BCUT2D eigenvalue weighted by Gasteiger charge is 2.35. The fourth-order valence-electron chi connectivity index (χ4n) is 2.71. The molecule has 0 amide bonds. The van der Waals surface area contributed by atoms with Crippen molar-refractivity contribution in [2.45, 2.75) is 38.1 Å². The highest BCUT2D eigenvalue weighted by atomic mass is 16.5. The number of benzene rings is 1. The Bertz CT molecular complexity index is 364. The molecule has 2 nitrogen and oxygen atoms in total. The topological polar surface area (TPSA) is 35.2 Å². The highest BCUT2D eigenvalue weighted by molar-refractivity contribution is 5.34. The lowest BCUT2D eigenvalue weighted by atomic mass is 9.70. The van der Waals surface area contributed by atoms with Crippen LogP contribution in [-0.2, 0) is 5.54 Å². The number of hydrogen-bond acceptors (Lipinski definition) is 2. The van der Waals surface area contributed by atoms with Crippen LogP contribution < -0.4 is 10.5 Å². The van der Waals surface area contributed by atoms with Gasteiger partial charge in [0.25, 0.3) is 0 Å². The molecule has 16 heavy (non-hydrogen) atoms. The van der Waals surface area contributed by atoms with Gasteiger partial charge in [0.1, 0.15) is 5.75 Å². The first kappa shape index (κ1) is 11.5. The smallest absolute Gasteiger partial charge is 0.119 e. The molecule has 1 aliphatic rings. The number of ether oxygens (including phenoxy) is 1. The second-order valence-corrected chi connectivity index (χ2v) is 4.92. The molecule has 1 saturated carbocycles. The lowest BCUT2D eigenvalue weighted by molar-refractivity contribution is 0.206. The molecule has 0 aliphatic heterocycles. The lowest BCUT2D eigenvalue weighted by Gasteiger charge is -2.40. The molecular formula is C14H21NO. The molecule has 2 rings (SSSR count). The van der Waals surface area contributed by atoms with Gasteiger partial charge in [-0.25, -0.2) is 0 Å². The van der Waals surface area contributed by atoms with Crippen molar-refractivity contribution in [3.63, 3.8) is 0 Å². The van der Waals surface area contributed by atoms with E-state index in [4.69, 9.17) is 10.5 Å². The first-order valence-corrected chi connectivity index (χ1v) is 6.10. The number of rotatable bonds is 2. The SMILES string of the molecule is COc1cccc(C2(N)CCCCC2C)c1. The molecule has 2 atom stereocenters. The van der Waals surface area contributed by atoms with Crippen molar-refractivity contribution in [1.29, 1.82) is 0 Å². The quantitative estimate of drug-likeness (QED) is 0.829. The van der Waals surface area contributed by atoms with Crippen LogP contribution in [0.25, 0.3) is 0 Å². The maximum absolute atomic E-state index is 6.59. The predicted octanol–water partition coefficient (Wildman–Crippen LogP) is 3.06. The van der Waals surface area contributed by atoms with E-state index in [0.29, 0.717) is 5.92 Å². The Labute approximate surface area is 97.8 Å². The molecule has 2 heteroatoms. The fourth-order valence-corrected chi connectivity index (χ4v) is 2.71. The van der Waals surface area contributed by atoms with Gasteiger partial charge in [-0.1, -0.05) is 31.9 Å². The third kappa shape index (κ3) is 1.94. The summed E-state index contributed by atoms with van der Waals surface area (Å²) >= 11 is 0. The van der Waals surface area contributed by atoms with E-state index in [0.717, 1.165) is 12.2 Å². The molecule has 0 spiro atoms. The normalized spacial score (nSPS) is 30.1. The minimum atomic E-state index is -0.160. The molecule has 88 valence electrons. The molecule has 0 bridgehead atoms. The lowest BCUT2D eigenvalue weighted by Crippen LogP contribution is -2.45. The molecule has 2 unspecified atom stereocenters. The summed E-state index contributed by atoms with van der Waals surface area (Å²) in [6.07, 6.45) is 4.86. The van der Waals surface area contributed by atoms with Crippen LogP contribution in [0.2, 0.25) is 0 Å². The van der Waals surface area contributed by atoms with E-state index in [2.05, 4.69) is 19.1 Å². The molecule has 1 aromatic carbocycles. The molecule has 0 saturated heterocycles. The van der Waals surface area contributed by atoms with Crippen molar-refractivity contribution in [2.75, 3.05) is 7.11 Å². The Hall–Kier alpha value is -1.02. The van der Waals surface area contributed by atoms with Gasteiger partial charge in [-0.2, -0.15) is 0 Å². The second-order valence-electron chi connectivity index (χ2n) is 4.92. The summed E-state index contributed by atoms with van der Waals surface area (Å²) in [5, 5.41) is 0. The first-order valence-electron chi connectivity index (χ1n) is 6.10. The van der Waals surface area contributed by atoms with Crippen LogP contribution in [0.15, 0.2) is 24.3 Å². The maximum atomic E-state index is 6.59. The summed E-state index contributed by atoms with van der Waals surface area (Å²) in [4.78, 5) is 0. The number of methoxy groups -OCH3 is 1. The zero-order chi connectivity index (χ0) is 11.6. The molecule has 1 fully saturated rings. The maximum Gasteiger partial charge on any atom is 0.119 e. The van der Waals surface area contributed by atoms with E-state index < -0.39 is 0 Å². The minimum Gasteiger partial charge on any atom is -0.497 e. The zero-order valence-corrected chi connectivity index (χ0v) is 10.2. The molecule has 1 aliphatic carbocycles. The van der Waals surface area contributed by atoms with Crippen LogP contribution >= 0.6 is 0 Å². The molecule has 2 N–H and O–H groups in total. The summed E-state index contributed by atoms with van der Waals surface area (Å²) < 4.78 is 5.27. The summed E-state index contributed by atoms with van der Waals surface area (Å²) in [5.74, 6) is 1.45. The van der Waals surface area contributed by atoms with Gasteiger partial charge in [0.15, 0.2) is 0 Å². The van der Waals surface area contributed by atoms with Gasteiger partial charge >= 0.3 is 0 Å². The van der Waals surface area contributed by atoms with Crippen molar-refractivity contribution in [3.05, 3.63) is 29.8 Å². The summed E-state index contributed by atoms with van der Waals surface area (Å²) in [5.41, 5.74) is 7.65. The summed E-state index contributed by atoms with van der Waals surface area (Å²) in [6, 6.07) is 8.22. The van der Waals surface area contributed by atoms with Crippen LogP contribution in [0, 0.1) is 5.92 Å². The number of nitrogens with two attached hydrogens (primary N) is 1. The van der Waals surface area contributed by atoms with E-state index in [1.54, 1.807) is 7.11 Å². The molecule has 0 heterocycles. The van der Waals surface area contributed by atoms with Gasteiger partial charge in [0, 0.05) is 5.54 Å². The Kier molecular flexibility index (Phi) is 3.20. The van der Waals surface area contributed by atoms with E-state index in [1.807, 2.05) is 12.1 Å². The van der Waals surface area contributed by atoms with Gasteiger partial charge in [0.05, 0.1) is 7.11 Å². The highest BCUT2D eigenvalue weighted by Crippen LogP contribution is 2.40. The van der Waals surface area contributed by atoms with Crippen LogP contribution in [0.1, 0.15) is 38.2 Å². The van der Waals surface area contributed by atoms with Gasteiger partial charge in [-0.05, 0) is 36.5 Å². The van der Waals surface area contributed by atoms with Crippen LogP contribution in [0.5, 0.6) is 5.75 Å². The standard InChI is InChI=1S/C14H21NO/c1-11-6-3-4-9-14(11,15)12-7-5-8-13(10-12)16-2/h5,7-8,10-11H,3-4,6,9,15H2,1-2H3. The minimum absolute atomic E-state index is 0.160. The Morgan fingerprint density at radius 1 is 1.38 bits per heavy atom.